The Balaban J connectivity index is 2.75. The molecule has 0 spiro atoms. The molecule has 0 radical (unpaired) electrons. The quantitative estimate of drug-likeness (QED) is 0.664. The highest BCUT2D eigenvalue weighted by atomic mass is 35.7. The van der Waals surface area contributed by atoms with Gasteiger partial charge in [0.05, 0.1) is 0 Å². The highest BCUT2D eigenvalue weighted by molar-refractivity contribution is 8.13. The molecule has 2 aromatic rings. The third-order valence-corrected chi connectivity index (χ3v) is 2.54. The summed E-state index contributed by atoms with van der Waals surface area (Å²) < 4.78 is 23.0. The minimum Gasteiger partial charge on any atom is -0.219 e. The van der Waals surface area contributed by atoms with E-state index in [9.17, 15) is 8.42 Å². The van der Waals surface area contributed by atoms with Gasteiger partial charge in [0.1, 0.15) is 0 Å². The monoisotopic (exact) mass is 232 g/mol. The minimum absolute atomic E-state index is 0.204. The van der Waals surface area contributed by atoms with Crippen LogP contribution in [0, 0.1) is 6.92 Å². The molecule has 0 unspecified atom stereocenters. The predicted octanol–water partition coefficient (Wildman–Crippen LogP) is 0.360. The molecule has 0 amide bonds. The maximum absolute atomic E-state index is 10.9. The average Bonchev–Trinajstić information content (AvgIpc) is 2.45. The molecular weight excluding hydrogens is 228 g/mol. The van der Waals surface area contributed by atoms with Crippen molar-refractivity contribution in [3.63, 3.8) is 0 Å². The highest BCUT2D eigenvalue weighted by Crippen LogP contribution is 2.10. The topological polar surface area (TPSA) is 77.2 Å². The van der Waals surface area contributed by atoms with Crippen molar-refractivity contribution >= 4 is 25.5 Å². The summed E-state index contributed by atoms with van der Waals surface area (Å²) in [5, 5.41) is 3.23. The van der Waals surface area contributed by atoms with Crippen molar-refractivity contribution < 1.29 is 8.42 Å². The van der Waals surface area contributed by atoms with Gasteiger partial charge in [-0.05, 0) is 12.5 Å². The summed E-state index contributed by atoms with van der Waals surface area (Å²) in [6.45, 7) is 1.81. The Morgan fingerprint density at radius 2 is 2.21 bits per heavy atom. The first-order chi connectivity index (χ1) is 6.47. The van der Waals surface area contributed by atoms with Gasteiger partial charge in [0.15, 0.2) is 0 Å². The van der Waals surface area contributed by atoms with Crippen molar-refractivity contribution in [3.8, 4) is 0 Å². The number of hydrogen-bond donors (Lipinski definition) is 0. The normalized spacial score (nSPS) is 12.1. The van der Waals surface area contributed by atoms with E-state index in [4.69, 9.17) is 10.7 Å². The molecule has 0 aliphatic heterocycles. The largest absolute Gasteiger partial charge is 0.298 e. The lowest BCUT2D eigenvalue weighted by Gasteiger charge is -1.90. The average molecular weight is 233 g/mol. The SMILES string of the molecule is Cc1cnc2nc(S(=O)(=O)Cl)nn2c1. The van der Waals surface area contributed by atoms with Crippen LogP contribution in [0.2, 0.25) is 0 Å². The molecule has 74 valence electrons. The van der Waals surface area contributed by atoms with E-state index >= 15 is 0 Å². The first-order valence-electron chi connectivity index (χ1n) is 3.60. The molecule has 0 aliphatic rings. The zero-order chi connectivity index (χ0) is 10.3. The second-order valence-electron chi connectivity index (χ2n) is 2.71. The van der Waals surface area contributed by atoms with Gasteiger partial charge in [-0.2, -0.15) is 4.98 Å². The standard InChI is InChI=1S/C6H5ClN4O2S/c1-4-2-8-5-9-6(14(7,12)13)10-11(5)3-4/h2-3H,1H3. The van der Waals surface area contributed by atoms with Crippen LogP contribution in [0.4, 0.5) is 0 Å². The van der Waals surface area contributed by atoms with Crippen LogP contribution in [0.15, 0.2) is 17.6 Å². The summed E-state index contributed by atoms with van der Waals surface area (Å²) in [5.74, 6) is 0.204. The molecule has 0 bridgehead atoms. The molecule has 0 N–H and O–H groups in total. The number of nitrogens with zero attached hydrogens (tertiary/aromatic N) is 4. The maximum atomic E-state index is 10.9. The van der Waals surface area contributed by atoms with E-state index in [1.165, 1.54) is 4.52 Å². The minimum atomic E-state index is -3.89. The lowest BCUT2D eigenvalue weighted by Crippen LogP contribution is -1.94. The van der Waals surface area contributed by atoms with Crippen molar-refractivity contribution in [2.45, 2.75) is 12.1 Å². The summed E-state index contributed by atoms with van der Waals surface area (Å²) in [6.07, 6.45) is 3.18. The third-order valence-electron chi connectivity index (χ3n) is 1.52. The Labute approximate surface area is 84.0 Å². The summed E-state index contributed by atoms with van der Waals surface area (Å²) in [6, 6.07) is 0. The molecule has 2 heterocycles. The number of aryl methyl sites for hydroxylation is 1. The Morgan fingerprint density at radius 1 is 1.50 bits per heavy atom. The van der Waals surface area contributed by atoms with Gasteiger partial charge in [0.25, 0.3) is 20.0 Å². The van der Waals surface area contributed by atoms with Crippen molar-refractivity contribution in [1.82, 2.24) is 19.6 Å². The van der Waals surface area contributed by atoms with E-state index in [0.717, 1.165) is 5.56 Å². The van der Waals surface area contributed by atoms with E-state index < -0.39 is 14.2 Å². The van der Waals surface area contributed by atoms with E-state index in [1.54, 1.807) is 12.4 Å². The van der Waals surface area contributed by atoms with Gasteiger partial charge < -0.3 is 0 Å². The fourth-order valence-corrected chi connectivity index (χ4v) is 1.53. The molecule has 6 nitrogen and oxygen atoms in total. The first-order valence-corrected chi connectivity index (χ1v) is 5.91. The van der Waals surface area contributed by atoms with Crippen LogP contribution in [0.25, 0.3) is 5.78 Å². The van der Waals surface area contributed by atoms with Crippen molar-refractivity contribution in [1.29, 1.82) is 0 Å². The van der Waals surface area contributed by atoms with Gasteiger partial charge >= 0.3 is 0 Å². The van der Waals surface area contributed by atoms with Crippen molar-refractivity contribution in [3.05, 3.63) is 18.0 Å². The Hall–Kier alpha value is -1.21. The van der Waals surface area contributed by atoms with Crippen molar-refractivity contribution in [2.24, 2.45) is 0 Å². The lowest BCUT2D eigenvalue weighted by molar-refractivity contribution is 0.601. The maximum Gasteiger partial charge on any atom is 0.298 e. The second-order valence-corrected chi connectivity index (χ2v) is 5.17. The fourth-order valence-electron chi connectivity index (χ4n) is 0.960. The van der Waals surface area contributed by atoms with Gasteiger partial charge in [-0.25, -0.2) is 17.9 Å². The number of hydrogen-bond acceptors (Lipinski definition) is 5. The molecular formula is C6H5ClN4O2S. The second kappa shape index (κ2) is 2.89. The number of aromatic nitrogens is 4. The molecule has 2 aromatic heterocycles. The van der Waals surface area contributed by atoms with Crippen LogP contribution in [-0.2, 0) is 9.05 Å². The van der Waals surface area contributed by atoms with Gasteiger partial charge in [0, 0.05) is 23.1 Å². The van der Waals surface area contributed by atoms with Crippen LogP contribution in [-0.4, -0.2) is 28.0 Å². The highest BCUT2D eigenvalue weighted by Gasteiger charge is 2.17. The van der Waals surface area contributed by atoms with E-state index in [0.29, 0.717) is 0 Å². The third kappa shape index (κ3) is 1.55. The molecule has 0 aliphatic carbocycles. The van der Waals surface area contributed by atoms with Crippen LogP contribution in [0.5, 0.6) is 0 Å². The molecule has 14 heavy (non-hydrogen) atoms. The van der Waals surface area contributed by atoms with Crippen LogP contribution in [0.1, 0.15) is 5.56 Å². The predicted molar refractivity (Wildman–Crippen MR) is 48.6 cm³/mol. The summed E-state index contributed by atoms with van der Waals surface area (Å²) in [4.78, 5) is 7.53. The number of rotatable bonds is 1. The smallest absolute Gasteiger partial charge is 0.219 e. The molecule has 8 heteroatoms. The van der Waals surface area contributed by atoms with Gasteiger partial charge in [-0.15, -0.1) is 5.10 Å². The summed E-state index contributed by atoms with van der Waals surface area (Å²) in [7, 11) is 1.19. The van der Waals surface area contributed by atoms with E-state index in [1.807, 2.05) is 6.92 Å². The van der Waals surface area contributed by atoms with Gasteiger partial charge in [-0.3, -0.25) is 0 Å². The Bertz CT molecular complexity index is 591. The number of fused-ring (bicyclic) bond motifs is 1. The Kier molecular flexibility index (Phi) is 1.93. The van der Waals surface area contributed by atoms with Gasteiger partial charge in [0.2, 0.25) is 0 Å². The molecule has 0 aromatic carbocycles. The van der Waals surface area contributed by atoms with Crippen LogP contribution >= 0.6 is 10.7 Å². The molecule has 0 fully saturated rings. The van der Waals surface area contributed by atoms with Gasteiger partial charge in [-0.1, -0.05) is 0 Å². The zero-order valence-corrected chi connectivity index (χ0v) is 8.62. The van der Waals surface area contributed by atoms with E-state index in [2.05, 4.69) is 15.1 Å². The molecule has 0 atom stereocenters. The van der Waals surface area contributed by atoms with E-state index in [-0.39, 0.29) is 5.78 Å². The van der Waals surface area contributed by atoms with Crippen LogP contribution < -0.4 is 0 Å². The summed E-state index contributed by atoms with van der Waals surface area (Å²) >= 11 is 0. The summed E-state index contributed by atoms with van der Waals surface area (Å²) in [5.41, 5.74) is 0.848. The fraction of sp³-hybridized carbons (Fsp3) is 0.167. The van der Waals surface area contributed by atoms with Crippen molar-refractivity contribution in [2.75, 3.05) is 0 Å². The number of halogens is 1. The molecule has 0 saturated carbocycles. The first kappa shape index (κ1) is 9.35. The zero-order valence-electron chi connectivity index (χ0n) is 7.05. The van der Waals surface area contributed by atoms with Crippen LogP contribution in [0.3, 0.4) is 0 Å². The Morgan fingerprint density at radius 3 is 2.86 bits per heavy atom. The molecule has 0 saturated heterocycles. The lowest BCUT2D eigenvalue weighted by atomic mass is 10.4. The molecule has 2 rings (SSSR count).